The molecule has 0 saturated carbocycles. The number of aryl methyl sites for hydroxylation is 1. The summed E-state index contributed by atoms with van der Waals surface area (Å²) < 4.78 is 20.9. The lowest BCUT2D eigenvalue weighted by Crippen LogP contribution is -2.49. The molecule has 1 aromatic carbocycles. The smallest absolute Gasteiger partial charge is 0.257 e. The van der Waals surface area contributed by atoms with E-state index >= 15 is 0 Å². The number of anilines is 1. The van der Waals surface area contributed by atoms with Crippen molar-refractivity contribution in [3.05, 3.63) is 59.8 Å². The molecule has 2 aromatic heterocycles. The first kappa shape index (κ1) is 19.8. The summed E-state index contributed by atoms with van der Waals surface area (Å²) in [5.74, 6) is 0.646. The number of amides is 1. The number of rotatable bonds is 5. The summed E-state index contributed by atoms with van der Waals surface area (Å²) in [5.41, 5.74) is 1.57. The Labute approximate surface area is 173 Å². The lowest BCUT2D eigenvalue weighted by molar-refractivity contribution is 0.0746. The van der Waals surface area contributed by atoms with Crippen molar-refractivity contribution in [1.29, 1.82) is 0 Å². The van der Waals surface area contributed by atoms with Gasteiger partial charge in [0.15, 0.2) is 0 Å². The number of ether oxygens (including phenoxy) is 1. The van der Waals surface area contributed by atoms with E-state index in [1.165, 1.54) is 16.9 Å². The van der Waals surface area contributed by atoms with Crippen LogP contribution < -0.4 is 9.64 Å². The van der Waals surface area contributed by atoms with Gasteiger partial charge < -0.3 is 14.5 Å². The molecule has 3 heterocycles. The minimum absolute atomic E-state index is 0.127. The van der Waals surface area contributed by atoms with Crippen LogP contribution in [0.15, 0.2) is 42.7 Å². The van der Waals surface area contributed by atoms with Crippen molar-refractivity contribution in [3.63, 3.8) is 0 Å². The molecule has 9 heteroatoms. The molecule has 1 aliphatic heterocycles. The first-order chi connectivity index (χ1) is 14.5. The fourth-order valence-corrected chi connectivity index (χ4v) is 3.38. The third-order valence-corrected chi connectivity index (χ3v) is 4.89. The van der Waals surface area contributed by atoms with Crippen LogP contribution >= 0.6 is 0 Å². The van der Waals surface area contributed by atoms with Crippen molar-refractivity contribution >= 4 is 11.9 Å². The number of para-hydroxylation sites is 1. The summed E-state index contributed by atoms with van der Waals surface area (Å²) in [6.45, 7) is 6.65. The van der Waals surface area contributed by atoms with E-state index < -0.39 is 5.82 Å². The number of hydrogen-bond donors (Lipinski definition) is 0. The molecule has 4 rings (SSSR count). The summed E-state index contributed by atoms with van der Waals surface area (Å²) in [6.07, 6.45) is 3.03. The van der Waals surface area contributed by atoms with Crippen LogP contribution in [0, 0.1) is 12.7 Å². The minimum Gasteiger partial charge on any atom is -0.478 e. The van der Waals surface area contributed by atoms with Crippen molar-refractivity contribution in [2.75, 3.05) is 37.7 Å². The molecule has 0 spiro atoms. The van der Waals surface area contributed by atoms with Gasteiger partial charge in [0.05, 0.1) is 18.4 Å². The summed E-state index contributed by atoms with van der Waals surface area (Å²) in [4.78, 5) is 25.6. The van der Waals surface area contributed by atoms with Gasteiger partial charge in [0.25, 0.3) is 5.91 Å². The normalized spacial score (nSPS) is 14.1. The van der Waals surface area contributed by atoms with Crippen LogP contribution in [0.3, 0.4) is 0 Å². The van der Waals surface area contributed by atoms with Gasteiger partial charge in [-0.15, -0.1) is 0 Å². The third kappa shape index (κ3) is 4.10. The van der Waals surface area contributed by atoms with Gasteiger partial charge in [0.1, 0.15) is 11.5 Å². The Bertz CT molecular complexity index is 1050. The van der Waals surface area contributed by atoms with Crippen molar-refractivity contribution in [1.82, 2.24) is 24.6 Å². The molecule has 1 amide bonds. The zero-order valence-corrected chi connectivity index (χ0v) is 17.0. The fourth-order valence-electron chi connectivity index (χ4n) is 3.38. The molecular weight excluding hydrogens is 387 g/mol. The van der Waals surface area contributed by atoms with Crippen LogP contribution in [0.4, 0.5) is 10.3 Å². The highest BCUT2D eigenvalue weighted by atomic mass is 19.1. The van der Waals surface area contributed by atoms with Gasteiger partial charge >= 0.3 is 0 Å². The maximum Gasteiger partial charge on any atom is 0.257 e. The summed E-state index contributed by atoms with van der Waals surface area (Å²) in [6, 6.07) is 8.13. The largest absolute Gasteiger partial charge is 0.478 e. The van der Waals surface area contributed by atoms with Gasteiger partial charge in [-0.25, -0.2) is 14.1 Å². The van der Waals surface area contributed by atoms with Crippen LogP contribution in [-0.4, -0.2) is 63.3 Å². The van der Waals surface area contributed by atoms with E-state index in [9.17, 15) is 9.18 Å². The van der Waals surface area contributed by atoms with E-state index in [0.29, 0.717) is 55.9 Å². The zero-order chi connectivity index (χ0) is 21.1. The fraction of sp³-hybridized carbons (Fsp3) is 0.333. The van der Waals surface area contributed by atoms with Gasteiger partial charge in [-0.2, -0.15) is 10.1 Å². The molecule has 8 nitrogen and oxygen atoms in total. The average molecular weight is 410 g/mol. The SMILES string of the molecule is CCOc1cc(C)nc(N2CCN(C(=O)c3cnn(-c4ccccc4F)c3)CC2)n1. The van der Waals surface area contributed by atoms with Crippen LogP contribution in [0.1, 0.15) is 23.0 Å². The highest BCUT2D eigenvalue weighted by Crippen LogP contribution is 2.19. The van der Waals surface area contributed by atoms with Crippen LogP contribution in [0.25, 0.3) is 5.69 Å². The Hall–Kier alpha value is -3.49. The molecule has 1 aliphatic rings. The number of hydrogen-bond acceptors (Lipinski definition) is 6. The average Bonchev–Trinajstić information content (AvgIpc) is 3.23. The predicted molar refractivity (Wildman–Crippen MR) is 110 cm³/mol. The van der Waals surface area contributed by atoms with Gasteiger partial charge in [0, 0.05) is 44.1 Å². The van der Waals surface area contributed by atoms with E-state index in [2.05, 4.69) is 15.1 Å². The number of piperazine rings is 1. The second-order valence-corrected chi connectivity index (χ2v) is 6.98. The Balaban J connectivity index is 1.42. The van der Waals surface area contributed by atoms with Crippen molar-refractivity contribution in [3.8, 4) is 11.6 Å². The molecule has 3 aromatic rings. The van der Waals surface area contributed by atoms with Gasteiger partial charge in [0.2, 0.25) is 11.8 Å². The van der Waals surface area contributed by atoms with Crippen LogP contribution in [0.2, 0.25) is 0 Å². The minimum atomic E-state index is -0.391. The maximum atomic E-state index is 14.0. The molecular formula is C21H23FN6O2. The molecule has 0 N–H and O–H groups in total. The van der Waals surface area contributed by atoms with Crippen molar-refractivity contribution < 1.29 is 13.9 Å². The topological polar surface area (TPSA) is 76.4 Å². The number of benzene rings is 1. The number of aromatic nitrogens is 4. The molecule has 156 valence electrons. The summed E-state index contributed by atoms with van der Waals surface area (Å²) in [7, 11) is 0. The predicted octanol–water partition coefficient (Wildman–Crippen LogP) is 2.47. The summed E-state index contributed by atoms with van der Waals surface area (Å²) in [5, 5.41) is 4.15. The van der Waals surface area contributed by atoms with Crippen LogP contribution in [-0.2, 0) is 0 Å². The first-order valence-electron chi connectivity index (χ1n) is 9.87. The van der Waals surface area contributed by atoms with Crippen LogP contribution in [0.5, 0.6) is 5.88 Å². The Morgan fingerprint density at radius 2 is 1.93 bits per heavy atom. The molecule has 0 atom stereocenters. The lowest BCUT2D eigenvalue weighted by atomic mass is 10.2. The van der Waals surface area contributed by atoms with E-state index in [1.807, 2.05) is 18.7 Å². The number of carbonyl (C=O) groups is 1. The molecule has 0 radical (unpaired) electrons. The molecule has 0 aliphatic carbocycles. The Morgan fingerprint density at radius 1 is 1.17 bits per heavy atom. The first-order valence-corrected chi connectivity index (χ1v) is 9.87. The molecule has 0 unspecified atom stereocenters. The van der Waals surface area contributed by atoms with E-state index in [4.69, 9.17) is 4.74 Å². The van der Waals surface area contributed by atoms with E-state index in [1.54, 1.807) is 35.4 Å². The molecule has 0 bridgehead atoms. The van der Waals surface area contributed by atoms with Crippen molar-refractivity contribution in [2.45, 2.75) is 13.8 Å². The number of halogens is 1. The molecule has 30 heavy (non-hydrogen) atoms. The summed E-state index contributed by atoms with van der Waals surface area (Å²) >= 11 is 0. The number of carbonyl (C=O) groups excluding carboxylic acids is 1. The lowest BCUT2D eigenvalue weighted by Gasteiger charge is -2.34. The quantitative estimate of drug-likeness (QED) is 0.643. The third-order valence-electron chi connectivity index (χ3n) is 4.89. The second kappa shape index (κ2) is 8.48. The second-order valence-electron chi connectivity index (χ2n) is 6.98. The molecule has 1 fully saturated rings. The zero-order valence-electron chi connectivity index (χ0n) is 17.0. The Morgan fingerprint density at radius 3 is 2.67 bits per heavy atom. The van der Waals surface area contributed by atoms with Gasteiger partial charge in [-0.3, -0.25) is 4.79 Å². The highest BCUT2D eigenvalue weighted by molar-refractivity contribution is 5.94. The van der Waals surface area contributed by atoms with E-state index in [-0.39, 0.29) is 5.91 Å². The maximum absolute atomic E-state index is 14.0. The van der Waals surface area contributed by atoms with E-state index in [0.717, 1.165) is 5.69 Å². The number of nitrogens with zero attached hydrogens (tertiary/aromatic N) is 6. The Kier molecular flexibility index (Phi) is 5.60. The van der Waals surface area contributed by atoms with Crippen molar-refractivity contribution in [2.24, 2.45) is 0 Å². The molecule has 1 saturated heterocycles. The highest BCUT2D eigenvalue weighted by Gasteiger charge is 2.25. The standard InChI is InChI=1S/C21H23FN6O2/c1-3-30-19-12-15(2)24-21(25-19)27-10-8-26(9-11-27)20(29)16-13-23-28(14-16)18-7-5-4-6-17(18)22/h4-7,12-14H,3,8-11H2,1-2H3. The monoisotopic (exact) mass is 410 g/mol. The van der Waals surface area contributed by atoms with Gasteiger partial charge in [-0.1, -0.05) is 12.1 Å². The van der Waals surface area contributed by atoms with Gasteiger partial charge in [-0.05, 0) is 26.0 Å².